The molecule has 1 atom stereocenters. The van der Waals surface area contributed by atoms with Crippen LogP contribution in [0, 0.1) is 11.8 Å². The van der Waals surface area contributed by atoms with Crippen molar-refractivity contribution in [2.45, 2.75) is 6.10 Å². The van der Waals surface area contributed by atoms with E-state index in [9.17, 15) is 5.11 Å². The standard InChI is InChI=1S/C16H23NO4/c1-17(12-15(19)13-20-2)9-11-21-16-7-5-14(6-8-16)4-3-10-18/h5-8,15,18-19H,9-13H2,1-2H3. The number of ether oxygens (including phenoxy) is 2. The molecule has 2 N–H and O–H groups in total. The predicted molar refractivity (Wildman–Crippen MR) is 81.3 cm³/mol. The molecule has 1 unspecified atom stereocenters. The minimum atomic E-state index is -0.482. The summed E-state index contributed by atoms with van der Waals surface area (Å²) < 4.78 is 10.5. The summed E-state index contributed by atoms with van der Waals surface area (Å²) in [6, 6.07) is 7.40. The maximum Gasteiger partial charge on any atom is 0.119 e. The number of nitrogens with zero attached hydrogens (tertiary/aromatic N) is 1. The molecule has 0 aliphatic heterocycles. The lowest BCUT2D eigenvalue weighted by atomic mass is 10.2. The van der Waals surface area contributed by atoms with E-state index < -0.39 is 6.10 Å². The molecule has 5 nitrogen and oxygen atoms in total. The molecule has 0 aromatic heterocycles. The molecule has 0 bridgehead atoms. The molecule has 0 saturated heterocycles. The van der Waals surface area contributed by atoms with Gasteiger partial charge in [0.1, 0.15) is 19.0 Å². The van der Waals surface area contributed by atoms with Gasteiger partial charge < -0.3 is 24.6 Å². The summed E-state index contributed by atoms with van der Waals surface area (Å²) in [5.74, 6) is 6.19. The van der Waals surface area contributed by atoms with Gasteiger partial charge in [-0.15, -0.1) is 0 Å². The third-order valence-corrected chi connectivity index (χ3v) is 2.79. The summed E-state index contributed by atoms with van der Waals surface area (Å²) in [5, 5.41) is 18.2. The number of benzene rings is 1. The SMILES string of the molecule is COCC(O)CN(C)CCOc1ccc(C#CCO)cc1. The molecule has 0 heterocycles. The molecule has 1 aromatic rings. The van der Waals surface area contributed by atoms with Crippen LogP contribution in [0.2, 0.25) is 0 Å². The van der Waals surface area contributed by atoms with Gasteiger partial charge in [-0.25, -0.2) is 0 Å². The van der Waals surface area contributed by atoms with Gasteiger partial charge in [-0.1, -0.05) is 11.8 Å². The smallest absolute Gasteiger partial charge is 0.119 e. The van der Waals surface area contributed by atoms with E-state index in [0.717, 1.165) is 11.3 Å². The largest absolute Gasteiger partial charge is 0.492 e. The van der Waals surface area contributed by atoms with Crippen molar-refractivity contribution in [1.29, 1.82) is 0 Å². The average molecular weight is 293 g/mol. The van der Waals surface area contributed by atoms with Gasteiger partial charge in [0.15, 0.2) is 0 Å². The van der Waals surface area contributed by atoms with Crippen molar-refractivity contribution >= 4 is 0 Å². The van der Waals surface area contributed by atoms with E-state index in [1.165, 1.54) is 0 Å². The van der Waals surface area contributed by atoms with Crippen LogP contribution in [0.5, 0.6) is 5.75 Å². The summed E-state index contributed by atoms with van der Waals surface area (Å²) in [7, 11) is 3.50. The summed E-state index contributed by atoms with van der Waals surface area (Å²) in [5.41, 5.74) is 0.844. The highest BCUT2D eigenvalue weighted by Crippen LogP contribution is 2.11. The van der Waals surface area contributed by atoms with Crippen molar-refractivity contribution in [3.63, 3.8) is 0 Å². The number of methoxy groups -OCH3 is 1. The number of hydrogen-bond acceptors (Lipinski definition) is 5. The van der Waals surface area contributed by atoms with E-state index in [1.807, 2.05) is 36.2 Å². The maximum atomic E-state index is 9.60. The maximum absolute atomic E-state index is 9.60. The molecule has 0 aliphatic rings. The van der Waals surface area contributed by atoms with Crippen molar-refractivity contribution in [3.05, 3.63) is 29.8 Å². The monoisotopic (exact) mass is 293 g/mol. The number of hydrogen-bond donors (Lipinski definition) is 2. The molecule has 5 heteroatoms. The zero-order valence-corrected chi connectivity index (χ0v) is 12.6. The van der Waals surface area contributed by atoms with Crippen molar-refractivity contribution in [3.8, 4) is 17.6 Å². The van der Waals surface area contributed by atoms with E-state index in [1.54, 1.807) is 7.11 Å². The Morgan fingerprint density at radius 3 is 2.62 bits per heavy atom. The molecule has 0 spiro atoms. The van der Waals surface area contributed by atoms with E-state index in [4.69, 9.17) is 14.6 Å². The Kier molecular flexibility index (Phi) is 8.48. The Morgan fingerprint density at radius 2 is 2.00 bits per heavy atom. The first-order valence-corrected chi connectivity index (χ1v) is 6.84. The second kappa shape index (κ2) is 10.2. The first-order chi connectivity index (χ1) is 10.2. The zero-order valence-electron chi connectivity index (χ0n) is 12.6. The lowest BCUT2D eigenvalue weighted by Crippen LogP contribution is -2.34. The molecule has 0 radical (unpaired) electrons. The molecular weight excluding hydrogens is 270 g/mol. The number of aliphatic hydroxyl groups is 2. The lowest BCUT2D eigenvalue weighted by molar-refractivity contribution is 0.0410. The molecule has 0 amide bonds. The third-order valence-electron chi connectivity index (χ3n) is 2.79. The lowest BCUT2D eigenvalue weighted by Gasteiger charge is -2.20. The van der Waals surface area contributed by atoms with Crippen LogP contribution in [0.15, 0.2) is 24.3 Å². The van der Waals surface area contributed by atoms with Crippen LogP contribution < -0.4 is 4.74 Å². The van der Waals surface area contributed by atoms with Gasteiger partial charge in [-0.2, -0.15) is 0 Å². The Labute approximate surface area is 126 Å². The van der Waals surface area contributed by atoms with Crippen LogP contribution >= 0.6 is 0 Å². The molecule has 0 saturated carbocycles. The highest BCUT2D eigenvalue weighted by Gasteiger charge is 2.07. The minimum absolute atomic E-state index is 0.139. The van der Waals surface area contributed by atoms with Crippen LogP contribution in [0.25, 0.3) is 0 Å². The van der Waals surface area contributed by atoms with Crippen LogP contribution in [0.3, 0.4) is 0 Å². The normalized spacial score (nSPS) is 11.9. The second-order valence-corrected chi connectivity index (χ2v) is 4.70. The summed E-state index contributed by atoms with van der Waals surface area (Å²) in [6.45, 7) is 2.00. The van der Waals surface area contributed by atoms with Gasteiger partial charge in [0.25, 0.3) is 0 Å². The Bertz CT molecular complexity index is 450. The van der Waals surface area contributed by atoms with Gasteiger partial charge in [0.2, 0.25) is 0 Å². The molecule has 21 heavy (non-hydrogen) atoms. The van der Waals surface area contributed by atoms with Crippen molar-refractivity contribution in [2.24, 2.45) is 0 Å². The van der Waals surface area contributed by atoms with Gasteiger partial charge >= 0.3 is 0 Å². The number of rotatable bonds is 8. The fourth-order valence-electron chi connectivity index (χ4n) is 1.79. The van der Waals surface area contributed by atoms with Crippen LogP contribution in [0.1, 0.15) is 5.56 Å². The van der Waals surface area contributed by atoms with E-state index in [0.29, 0.717) is 26.3 Å². The predicted octanol–water partition coefficient (Wildman–Crippen LogP) is 0.348. The third kappa shape index (κ3) is 7.69. The average Bonchev–Trinajstić information content (AvgIpc) is 2.46. The fraction of sp³-hybridized carbons (Fsp3) is 0.500. The highest BCUT2D eigenvalue weighted by molar-refractivity contribution is 5.38. The van der Waals surface area contributed by atoms with Crippen LogP contribution in [0.4, 0.5) is 0 Å². The van der Waals surface area contributed by atoms with Crippen molar-refractivity contribution < 1.29 is 19.7 Å². The molecule has 0 aliphatic carbocycles. The van der Waals surface area contributed by atoms with Crippen LogP contribution in [-0.2, 0) is 4.74 Å². The Balaban J connectivity index is 2.29. The van der Waals surface area contributed by atoms with Gasteiger partial charge in [-0.05, 0) is 31.3 Å². The fourth-order valence-corrected chi connectivity index (χ4v) is 1.79. The summed E-state index contributed by atoms with van der Waals surface area (Å²) in [4.78, 5) is 1.99. The van der Waals surface area contributed by atoms with E-state index in [-0.39, 0.29) is 6.61 Å². The quantitative estimate of drug-likeness (QED) is 0.677. The highest BCUT2D eigenvalue weighted by atomic mass is 16.5. The van der Waals surface area contributed by atoms with E-state index >= 15 is 0 Å². The summed E-state index contributed by atoms with van der Waals surface area (Å²) in [6.07, 6.45) is -0.482. The van der Waals surface area contributed by atoms with Crippen molar-refractivity contribution in [1.82, 2.24) is 4.90 Å². The molecule has 116 valence electrons. The topological polar surface area (TPSA) is 62.2 Å². The first kappa shape index (κ1) is 17.5. The molecule has 1 aromatic carbocycles. The molecule has 0 fully saturated rings. The first-order valence-electron chi connectivity index (χ1n) is 6.84. The second-order valence-electron chi connectivity index (χ2n) is 4.70. The van der Waals surface area contributed by atoms with Gasteiger partial charge in [0, 0.05) is 25.8 Å². The van der Waals surface area contributed by atoms with Crippen molar-refractivity contribution in [2.75, 3.05) is 47.1 Å². The van der Waals surface area contributed by atoms with Crippen LogP contribution in [-0.4, -0.2) is 68.3 Å². The Hall–Kier alpha value is -1.58. The molecular formula is C16H23NO4. The summed E-state index contributed by atoms with van der Waals surface area (Å²) >= 11 is 0. The zero-order chi connectivity index (χ0) is 15.5. The van der Waals surface area contributed by atoms with Gasteiger partial charge in [-0.3, -0.25) is 0 Å². The Morgan fingerprint density at radius 1 is 1.29 bits per heavy atom. The number of likely N-dealkylation sites (N-methyl/N-ethyl adjacent to an activating group) is 1. The minimum Gasteiger partial charge on any atom is -0.492 e. The number of aliphatic hydroxyl groups excluding tert-OH is 2. The van der Waals surface area contributed by atoms with E-state index in [2.05, 4.69) is 11.8 Å². The van der Waals surface area contributed by atoms with Gasteiger partial charge in [0.05, 0.1) is 12.7 Å². The molecule has 1 rings (SSSR count).